The Balaban J connectivity index is 1.72. The van der Waals surface area contributed by atoms with Crippen molar-refractivity contribution in [2.75, 3.05) is 25.6 Å². The van der Waals surface area contributed by atoms with Gasteiger partial charge in [0, 0.05) is 42.9 Å². The Morgan fingerprint density at radius 2 is 2.00 bits per heavy atom. The zero-order valence-corrected chi connectivity index (χ0v) is 19.8. The van der Waals surface area contributed by atoms with Crippen LogP contribution >= 0.6 is 0 Å². The van der Waals surface area contributed by atoms with Gasteiger partial charge >= 0.3 is 0 Å². The van der Waals surface area contributed by atoms with Crippen LogP contribution < -0.4 is 14.8 Å². The summed E-state index contributed by atoms with van der Waals surface area (Å²) >= 11 is 0. The molecule has 0 radical (unpaired) electrons. The third kappa shape index (κ3) is 3.36. The largest absolute Gasteiger partial charge is 0.493 e. The molecule has 7 nitrogen and oxygen atoms in total. The van der Waals surface area contributed by atoms with E-state index in [9.17, 15) is 9.59 Å². The fourth-order valence-corrected chi connectivity index (χ4v) is 4.90. The maximum absolute atomic E-state index is 13.5. The minimum atomic E-state index is -0.379. The van der Waals surface area contributed by atoms with Crippen LogP contribution in [-0.2, 0) is 16.6 Å². The Labute approximate surface area is 198 Å². The monoisotopic (exact) mass is 457 g/mol. The maximum atomic E-state index is 13.5. The molecule has 5 rings (SSSR count). The lowest BCUT2D eigenvalue weighted by Gasteiger charge is -2.21. The molecule has 2 aliphatic rings. The van der Waals surface area contributed by atoms with Crippen molar-refractivity contribution in [2.45, 2.75) is 19.8 Å². The van der Waals surface area contributed by atoms with Crippen molar-refractivity contribution < 1.29 is 19.1 Å². The smallest absolute Gasteiger partial charge is 0.259 e. The first-order valence-electron chi connectivity index (χ1n) is 11.2. The van der Waals surface area contributed by atoms with E-state index < -0.39 is 0 Å². The minimum Gasteiger partial charge on any atom is -0.493 e. The molecule has 2 amide bonds. The molecule has 1 aromatic heterocycles. The standard InChI is InChI=1S/C27H27N3O4/c1-15(2)14-34-22-10-9-17(11-23(22)33-5)24-18-12-29(4)21-8-6-7-19(25(18)21)28-20-13-30(16(3)31)27(32)26(20)24/h6-12,24,28H,1,13-14H2,2-5H3. The second kappa shape index (κ2) is 8.09. The summed E-state index contributed by atoms with van der Waals surface area (Å²) in [4.78, 5) is 27.1. The molecule has 2 aliphatic heterocycles. The number of nitrogens with one attached hydrogen (secondary N) is 1. The Kier molecular flexibility index (Phi) is 5.20. The number of ether oxygens (including phenoxy) is 2. The average Bonchev–Trinajstić information content (AvgIpc) is 3.26. The van der Waals surface area contributed by atoms with Crippen LogP contribution in [0.5, 0.6) is 11.5 Å². The number of carbonyl (C=O) groups is 2. The molecule has 0 saturated heterocycles. The van der Waals surface area contributed by atoms with Crippen molar-refractivity contribution in [3.8, 4) is 11.5 Å². The van der Waals surface area contributed by atoms with Gasteiger partial charge in [-0.15, -0.1) is 0 Å². The van der Waals surface area contributed by atoms with Gasteiger partial charge in [-0.1, -0.05) is 18.7 Å². The highest BCUT2D eigenvalue weighted by molar-refractivity contribution is 6.11. The van der Waals surface area contributed by atoms with E-state index in [0.29, 0.717) is 23.7 Å². The fraction of sp³-hybridized carbons (Fsp3) is 0.259. The van der Waals surface area contributed by atoms with E-state index >= 15 is 0 Å². The Bertz CT molecular complexity index is 1400. The SMILES string of the molecule is C=C(C)COc1ccc(C2C3=C(CN(C(C)=O)C3=O)Nc3cccc4c3c2cn4C)cc1OC. The molecule has 0 bridgehead atoms. The van der Waals surface area contributed by atoms with Crippen LogP contribution in [-0.4, -0.2) is 41.5 Å². The van der Waals surface area contributed by atoms with Crippen LogP contribution in [0.2, 0.25) is 0 Å². The number of aromatic nitrogens is 1. The molecule has 2 aromatic carbocycles. The first-order valence-corrected chi connectivity index (χ1v) is 11.2. The molecule has 174 valence electrons. The van der Waals surface area contributed by atoms with Crippen LogP contribution in [0.25, 0.3) is 10.9 Å². The molecule has 0 aliphatic carbocycles. The van der Waals surface area contributed by atoms with E-state index in [1.165, 1.54) is 11.8 Å². The summed E-state index contributed by atoms with van der Waals surface area (Å²) in [5.74, 6) is 0.262. The summed E-state index contributed by atoms with van der Waals surface area (Å²) in [6.07, 6.45) is 2.07. The van der Waals surface area contributed by atoms with Crippen LogP contribution in [0.15, 0.2) is 66.0 Å². The summed E-state index contributed by atoms with van der Waals surface area (Å²) in [7, 11) is 3.59. The number of hydrogen-bond acceptors (Lipinski definition) is 5. The van der Waals surface area contributed by atoms with Gasteiger partial charge in [0.15, 0.2) is 11.5 Å². The third-order valence-electron chi connectivity index (χ3n) is 6.42. The molecule has 1 unspecified atom stereocenters. The molecule has 1 atom stereocenters. The van der Waals surface area contributed by atoms with E-state index in [0.717, 1.165) is 39.0 Å². The summed E-state index contributed by atoms with van der Waals surface area (Å²) in [6, 6.07) is 11.8. The van der Waals surface area contributed by atoms with Gasteiger partial charge in [-0.05, 0) is 47.9 Å². The number of methoxy groups -OCH3 is 1. The van der Waals surface area contributed by atoms with Crippen LogP contribution in [0, 0.1) is 0 Å². The van der Waals surface area contributed by atoms with Gasteiger partial charge in [-0.2, -0.15) is 0 Å². The average molecular weight is 458 g/mol. The molecule has 3 heterocycles. The quantitative estimate of drug-likeness (QED) is 0.577. The number of amides is 2. The topological polar surface area (TPSA) is 72.8 Å². The second-order valence-corrected chi connectivity index (χ2v) is 8.91. The zero-order valence-electron chi connectivity index (χ0n) is 19.8. The van der Waals surface area contributed by atoms with Gasteiger partial charge < -0.3 is 19.4 Å². The minimum absolute atomic E-state index is 0.226. The number of hydrogen-bond donors (Lipinski definition) is 1. The van der Waals surface area contributed by atoms with Crippen LogP contribution in [0.4, 0.5) is 5.69 Å². The van der Waals surface area contributed by atoms with Crippen LogP contribution in [0.1, 0.15) is 30.9 Å². The molecule has 0 saturated carbocycles. The number of rotatable bonds is 5. The number of aryl methyl sites for hydroxylation is 1. The van der Waals surface area contributed by atoms with Crippen molar-refractivity contribution in [1.82, 2.24) is 9.47 Å². The van der Waals surface area contributed by atoms with E-state index in [1.54, 1.807) is 7.11 Å². The highest BCUT2D eigenvalue weighted by Crippen LogP contribution is 2.47. The van der Waals surface area contributed by atoms with Crippen molar-refractivity contribution >= 4 is 28.4 Å². The molecular weight excluding hydrogens is 430 g/mol. The van der Waals surface area contributed by atoms with Crippen molar-refractivity contribution in [3.05, 3.63) is 77.1 Å². The van der Waals surface area contributed by atoms with Gasteiger partial charge in [0.25, 0.3) is 5.91 Å². The molecule has 0 fully saturated rings. The zero-order chi connectivity index (χ0) is 24.1. The van der Waals surface area contributed by atoms with Crippen molar-refractivity contribution in [2.24, 2.45) is 7.05 Å². The van der Waals surface area contributed by atoms with E-state index in [1.807, 2.05) is 44.3 Å². The van der Waals surface area contributed by atoms with E-state index in [-0.39, 0.29) is 24.3 Å². The number of imide groups is 1. The summed E-state index contributed by atoms with van der Waals surface area (Å²) in [5, 5.41) is 4.54. The highest BCUT2D eigenvalue weighted by Gasteiger charge is 2.41. The van der Waals surface area contributed by atoms with Gasteiger partial charge in [-0.3, -0.25) is 14.5 Å². The van der Waals surface area contributed by atoms with Crippen molar-refractivity contribution in [1.29, 1.82) is 0 Å². The number of nitrogens with zero attached hydrogens (tertiary/aromatic N) is 2. The van der Waals surface area contributed by atoms with E-state index in [2.05, 4.69) is 28.7 Å². The lowest BCUT2D eigenvalue weighted by Crippen LogP contribution is -2.33. The van der Waals surface area contributed by atoms with Gasteiger partial charge in [-0.25, -0.2) is 0 Å². The lowest BCUT2D eigenvalue weighted by atomic mass is 9.84. The van der Waals surface area contributed by atoms with Gasteiger partial charge in [0.2, 0.25) is 5.91 Å². The predicted octanol–water partition coefficient (Wildman–Crippen LogP) is 4.34. The Morgan fingerprint density at radius 3 is 2.71 bits per heavy atom. The summed E-state index contributed by atoms with van der Waals surface area (Å²) in [6.45, 7) is 7.82. The molecule has 7 heteroatoms. The predicted molar refractivity (Wildman–Crippen MR) is 131 cm³/mol. The van der Waals surface area contributed by atoms with Gasteiger partial charge in [0.05, 0.1) is 24.7 Å². The molecule has 1 N–H and O–H groups in total. The lowest BCUT2D eigenvalue weighted by molar-refractivity contribution is -0.139. The molecule has 0 spiro atoms. The number of benzene rings is 2. The van der Waals surface area contributed by atoms with Gasteiger partial charge in [0.1, 0.15) is 6.61 Å². The molecule has 3 aromatic rings. The first kappa shape index (κ1) is 21.8. The van der Waals surface area contributed by atoms with Crippen molar-refractivity contribution in [3.63, 3.8) is 0 Å². The number of carbonyl (C=O) groups excluding carboxylic acids is 2. The number of anilines is 1. The highest BCUT2D eigenvalue weighted by atomic mass is 16.5. The Hall–Kier alpha value is -4.00. The second-order valence-electron chi connectivity index (χ2n) is 8.91. The molecule has 34 heavy (non-hydrogen) atoms. The normalized spacial score (nSPS) is 16.9. The maximum Gasteiger partial charge on any atom is 0.259 e. The summed E-state index contributed by atoms with van der Waals surface area (Å²) < 4.78 is 13.6. The summed E-state index contributed by atoms with van der Waals surface area (Å²) in [5.41, 5.74) is 6.11. The first-order chi connectivity index (χ1) is 16.3. The van der Waals surface area contributed by atoms with E-state index in [4.69, 9.17) is 9.47 Å². The fourth-order valence-electron chi connectivity index (χ4n) is 4.90. The molecular formula is C27H27N3O4. The third-order valence-corrected chi connectivity index (χ3v) is 6.42. The van der Waals surface area contributed by atoms with Crippen LogP contribution in [0.3, 0.4) is 0 Å². The Morgan fingerprint density at radius 1 is 1.21 bits per heavy atom.